The van der Waals surface area contributed by atoms with Gasteiger partial charge in [-0.15, -0.1) is 0 Å². The van der Waals surface area contributed by atoms with E-state index in [-0.39, 0.29) is 23.1 Å². The van der Waals surface area contributed by atoms with Crippen LogP contribution in [-0.4, -0.2) is 41.0 Å². The van der Waals surface area contributed by atoms with E-state index in [4.69, 9.17) is 4.74 Å². The Labute approximate surface area is 108 Å². The fourth-order valence-electron chi connectivity index (χ4n) is 1.87. The first-order valence-corrected chi connectivity index (χ1v) is 6.47. The molecular formula is C11H14N2O4S. The minimum atomic E-state index is -0.479. The van der Waals surface area contributed by atoms with E-state index in [9.17, 15) is 14.9 Å². The molecule has 0 bridgehead atoms. The van der Waals surface area contributed by atoms with Crippen molar-refractivity contribution >= 4 is 22.2 Å². The van der Waals surface area contributed by atoms with Crippen molar-refractivity contribution in [3.63, 3.8) is 0 Å². The molecule has 0 N–H and O–H groups in total. The third-order valence-corrected chi connectivity index (χ3v) is 3.88. The molecule has 1 aliphatic heterocycles. The van der Waals surface area contributed by atoms with Crippen molar-refractivity contribution in [2.45, 2.75) is 26.0 Å². The highest BCUT2D eigenvalue weighted by Crippen LogP contribution is 2.26. The molecule has 0 saturated carbocycles. The molecule has 0 aromatic carbocycles. The Bertz CT molecular complexity index is 473. The Morgan fingerprint density at radius 3 is 2.89 bits per heavy atom. The number of rotatable bonds is 2. The molecule has 1 aromatic heterocycles. The Balaban J connectivity index is 2.16. The van der Waals surface area contributed by atoms with E-state index in [0.717, 1.165) is 11.3 Å². The molecule has 18 heavy (non-hydrogen) atoms. The summed E-state index contributed by atoms with van der Waals surface area (Å²) in [6.45, 7) is 4.83. The summed E-state index contributed by atoms with van der Waals surface area (Å²) < 4.78 is 5.45. The van der Waals surface area contributed by atoms with Crippen molar-refractivity contribution in [2.24, 2.45) is 0 Å². The Hall–Kier alpha value is -1.47. The van der Waals surface area contributed by atoms with Gasteiger partial charge >= 0.3 is 5.00 Å². The van der Waals surface area contributed by atoms with Crippen LogP contribution in [0.4, 0.5) is 5.00 Å². The van der Waals surface area contributed by atoms with Gasteiger partial charge < -0.3 is 9.64 Å². The van der Waals surface area contributed by atoms with Gasteiger partial charge in [0.2, 0.25) is 0 Å². The lowest BCUT2D eigenvalue weighted by Gasteiger charge is -2.36. The number of morpholine rings is 1. The number of amides is 1. The van der Waals surface area contributed by atoms with Crippen LogP contribution >= 0.6 is 11.3 Å². The summed E-state index contributed by atoms with van der Waals surface area (Å²) >= 11 is 0.915. The maximum absolute atomic E-state index is 12.2. The molecule has 2 rings (SSSR count). The van der Waals surface area contributed by atoms with Crippen LogP contribution in [-0.2, 0) is 4.74 Å². The first kappa shape index (κ1) is 13.0. The summed E-state index contributed by atoms with van der Waals surface area (Å²) in [4.78, 5) is 24.5. The van der Waals surface area contributed by atoms with Crippen molar-refractivity contribution in [1.82, 2.24) is 4.90 Å². The molecule has 2 heterocycles. The van der Waals surface area contributed by atoms with Crippen LogP contribution in [0.1, 0.15) is 23.5 Å². The van der Waals surface area contributed by atoms with Gasteiger partial charge in [-0.3, -0.25) is 14.9 Å². The minimum Gasteiger partial charge on any atom is -0.375 e. The average Bonchev–Trinajstić information content (AvgIpc) is 2.81. The van der Waals surface area contributed by atoms with E-state index >= 15 is 0 Å². The average molecular weight is 270 g/mol. The van der Waals surface area contributed by atoms with Crippen LogP contribution in [0.25, 0.3) is 0 Å². The lowest BCUT2D eigenvalue weighted by molar-refractivity contribution is -0.380. The molecule has 2 unspecified atom stereocenters. The van der Waals surface area contributed by atoms with Gasteiger partial charge in [0.15, 0.2) is 0 Å². The zero-order chi connectivity index (χ0) is 13.3. The van der Waals surface area contributed by atoms with E-state index in [1.54, 1.807) is 4.90 Å². The second kappa shape index (κ2) is 5.03. The van der Waals surface area contributed by atoms with Crippen molar-refractivity contribution in [3.05, 3.63) is 27.1 Å². The van der Waals surface area contributed by atoms with E-state index in [0.29, 0.717) is 18.0 Å². The van der Waals surface area contributed by atoms with E-state index in [2.05, 4.69) is 0 Å². The second-order valence-corrected chi connectivity index (χ2v) is 5.41. The Morgan fingerprint density at radius 2 is 2.28 bits per heavy atom. The van der Waals surface area contributed by atoms with Gasteiger partial charge in [-0.1, -0.05) is 11.3 Å². The van der Waals surface area contributed by atoms with E-state index in [1.165, 1.54) is 12.1 Å². The van der Waals surface area contributed by atoms with Crippen molar-refractivity contribution in [3.8, 4) is 0 Å². The molecule has 1 saturated heterocycles. The standard InChI is InChI=1S/C11H14N2O4S/c1-7-6-17-8(2)5-12(7)11(14)9-3-4-10(18-9)13(15)16/h3-4,7-8H,5-6H2,1-2H3. The third kappa shape index (κ3) is 2.51. The molecule has 98 valence electrons. The number of ether oxygens (including phenoxy) is 1. The van der Waals surface area contributed by atoms with Crippen LogP contribution in [0.15, 0.2) is 12.1 Å². The quantitative estimate of drug-likeness (QED) is 0.608. The number of hydrogen-bond acceptors (Lipinski definition) is 5. The highest BCUT2D eigenvalue weighted by atomic mass is 32.1. The molecule has 1 aliphatic rings. The predicted octanol–water partition coefficient (Wildman–Crippen LogP) is 1.91. The molecule has 0 spiro atoms. The number of carbonyl (C=O) groups excluding carboxylic acids is 1. The van der Waals surface area contributed by atoms with Crippen molar-refractivity contribution < 1.29 is 14.5 Å². The third-order valence-electron chi connectivity index (χ3n) is 2.85. The van der Waals surface area contributed by atoms with Gasteiger partial charge in [-0.25, -0.2) is 0 Å². The zero-order valence-electron chi connectivity index (χ0n) is 10.2. The van der Waals surface area contributed by atoms with Crippen LogP contribution in [0.3, 0.4) is 0 Å². The maximum atomic E-state index is 12.2. The normalized spacial score (nSPS) is 24.0. The monoisotopic (exact) mass is 270 g/mol. The smallest absolute Gasteiger partial charge is 0.324 e. The lowest BCUT2D eigenvalue weighted by atomic mass is 10.2. The number of nitrogens with zero attached hydrogens (tertiary/aromatic N) is 2. The molecule has 1 aromatic rings. The summed E-state index contributed by atoms with van der Waals surface area (Å²) in [6, 6.07) is 2.87. The number of hydrogen-bond donors (Lipinski definition) is 0. The summed E-state index contributed by atoms with van der Waals surface area (Å²) in [5, 5.41) is 10.6. The summed E-state index contributed by atoms with van der Waals surface area (Å²) in [6.07, 6.45) is 0.0000908. The topological polar surface area (TPSA) is 72.7 Å². The fraction of sp³-hybridized carbons (Fsp3) is 0.545. The first-order chi connectivity index (χ1) is 8.49. The summed E-state index contributed by atoms with van der Waals surface area (Å²) in [5.74, 6) is -0.157. The molecular weight excluding hydrogens is 256 g/mol. The van der Waals surface area contributed by atoms with E-state index < -0.39 is 4.92 Å². The highest BCUT2D eigenvalue weighted by molar-refractivity contribution is 7.17. The number of thiophene rings is 1. The summed E-state index contributed by atoms with van der Waals surface area (Å²) in [5.41, 5.74) is 0. The highest BCUT2D eigenvalue weighted by Gasteiger charge is 2.29. The molecule has 1 amide bonds. The largest absolute Gasteiger partial charge is 0.375 e. The first-order valence-electron chi connectivity index (χ1n) is 5.66. The van der Waals surface area contributed by atoms with Crippen LogP contribution < -0.4 is 0 Å². The molecule has 1 fully saturated rings. The SMILES string of the molecule is CC1CN(C(=O)c2ccc([N+](=O)[O-])s2)C(C)CO1. The Kier molecular flexibility index (Phi) is 3.63. The molecule has 2 atom stereocenters. The minimum absolute atomic E-state index is 0.0000908. The number of nitro groups is 1. The van der Waals surface area contributed by atoms with Gasteiger partial charge in [-0.05, 0) is 19.9 Å². The lowest BCUT2D eigenvalue weighted by Crippen LogP contribution is -2.50. The van der Waals surface area contributed by atoms with Crippen LogP contribution in [0.5, 0.6) is 0 Å². The van der Waals surface area contributed by atoms with Gasteiger partial charge in [0, 0.05) is 12.6 Å². The molecule has 6 nitrogen and oxygen atoms in total. The predicted molar refractivity (Wildman–Crippen MR) is 66.9 cm³/mol. The maximum Gasteiger partial charge on any atom is 0.324 e. The zero-order valence-corrected chi connectivity index (χ0v) is 11.0. The molecule has 0 radical (unpaired) electrons. The molecule has 7 heteroatoms. The van der Waals surface area contributed by atoms with Gasteiger partial charge in [0.25, 0.3) is 5.91 Å². The Morgan fingerprint density at radius 1 is 1.56 bits per heavy atom. The fourth-order valence-corrected chi connectivity index (χ4v) is 2.65. The number of carbonyl (C=O) groups is 1. The van der Waals surface area contributed by atoms with Crippen molar-refractivity contribution in [2.75, 3.05) is 13.2 Å². The van der Waals surface area contributed by atoms with Gasteiger partial charge in [0.05, 0.1) is 28.6 Å². The van der Waals surface area contributed by atoms with Gasteiger partial charge in [0.1, 0.15) is 0 Å². The van der Waals surface area contributed by atoms with Crippen LogP contribution in [0.2, 0.25) is 0 Å². The second-order valence-electron chi connectivity index (χ2n) is 4.35. The molecule has 0 aliphatic carbocycles. The van der Waals surface area contributed by atoms with E-state index in [1.807, 2.05) is 13.8 Å². The summed E-state index contributed by atoms with van der Waals surface area (Å²) in [7, 11) is 0. The van der Waals surface area contributed by atoms with Gasteiger partial charge in [-0.2, -0.15) is 0 Å². The van der Waals surface area contributed by atoms with Crippen molar-refractivity contribution in [1.29, 1.82) is 0 Å². The van der Waals surface area contributed by atoms with Crippen LogP contribution in [0, 0.1) is 10.1 Å².